The summed E-state index contributed by atoms with van der Waals surface area (Å²) in [7, 11) is 1.57. The molecule has 2 aromatic rings. The van der Waals surface area contributed by atoms with Gasteiger partial charge in [0.05, 0.1) is 7.11 Å². The lowest BCUT2D eigenvalue weighted by atomic mass is 10.1. The van der Waals surface area contributed by atoms with Crippen LogP contribution in [-0.2, 0) is 11.4 Å². The molecule has 2 N–H and O–H groups in total. The Morgan fingerprint density at radius 2 is 2.22 bits per heavy atom. The van der Waals surface area contributed by atoms with Gasteiger partial charge in [0.25, 0.3) is 5.91 Å². The summed E-state index contributed by atoms with van der Waals surface area (Å²) < 4.78 is 16.3. The Balaban J connectivity index is 1.59. The fraction of sp³-hybridized carbons (Fsp3) is 0.421. The molecule has 1 aliphatic heterocycles. The zero-order chi connectivity index (χ0) is 19.2. The fourth-order valence-electron chi connectivity index (χ4n) is 2.82. The number of amides is 2. The Labute approximate surface area is 157 Å². The minimum Gasteiger partial charge on any atom is -0.493 e. The summed E-state index contributed by atoms with van der Waals surface area (Å²) in [6.45, 7) is 2.65. The molecule has 1 atom stereocenters. The molecular formula is C19H23N3O5. The standard InChI is InChI=1S/C19H23N3O5/c1-12-6-7-15(16(9-12)25-2)26-11-17-21-14(10-27-17)19(24)22-13-5-3-4-8-20-18(13)23/h6-7,9-10,13H,3-5,8,11H2,1-2H3,(H,20,23)(H,22,24)/t13-/m0/s1. The smallest absolute Gasteiger partial charge is 0.273 e. The van der Waals surface area contributed by atoms with Crippen molar-refractivity contribution >= 4 is 11.8 Å². The fourth-order valence-corrected chi connectivity index (χ4v) is 2.82. The molecule has 8 heteroatoms. The molecule has 2 heterocycles. The Morgan fingerprint density at radius 1 is 1.37 bits per heavy atom. The van der Waals surface area contributed by atoms with Crippen molar-refractivity contribution in [1.29, 1.82) is 0 Å². The monoisotopic (exact) mass is 373 g/mol. The number of hydrogen-bond acceptors (Lipinski definition) is 6. The van der Waals surface area contributed by atoms with Crippen molar-refractivity contribution in [3.8, 4) is 11.5 Å². The van der Waals surface area contributed by atoms with Gasteiger partial charge in [0.2, 0.25) is 11.8 Å². The van der Waals surface area contributed by atoms with Gasteiger partial charge in [-0.1, -0.05) is 6.07 Å². The molecule has 0 radical (unpaired) electrons. The van der Waals surface area contributed by atoms with Gasteiger partial charge in [-0.2, -0.15) is 0 Å². The van der Waals surface area contributed by atoms with Crippen LogP contribution in [0.5, 0.6) is 11.5 Å². The molecule has 0 bridgehead atoms. The van der Waals surface area contributed by atoms with Crippen LogP contribution in [0.3, 0.4) is 0 Å². The van der Waals surface area contributed by atoms with Crippen LogP contribution in [0.4, 0.5) is 0 Å². The van der Waals surface area contributed by atoms with Crippen molar-refractivity contribution in [2.45, 2.75) is 38.8 Å². The predicted octanol–water partition coefficient (Wildman–Crippen LogP) is 1.97. The number of nitrogens with one attached hydrogen (secondary N) is 2. The Hall–Kier alpha value is -3.03. The van der Waals surface area contributed by atoms with Crippen LogP contribution in [0.15, 0.2) is 28.9 Å². The van der Waals surface area contributed by atoms with E-state index in [9.17, 15) is 9.59 Å². The number of carbonyl (C=O) groups is 2. The van der Waals surface area contributed by atoms with E-state index in [4.69, 9.17) is 13.9 Å². The zero-order valence-electron chi connectivity index (χ0n) is 15.4. The molecule has 0 saturated carbocycles. The average molecular weight is 373 g/mol. The molecule has 1 aromatic carbocycles. The second kappa shape index (κ2) is 8.57. The van der Waals surface area contributed by atoms with Crippen molar-refractivity contribution < 1.29 is 23.5 Å². The number of nitrogens with zero attached hydrogens (tertiary/aromatic N) is 1. The first kappa shape index (κ1) is 18.8. The van der Waals surface area contributed by atoms with E-state index < -0.39 is 11.9 Å². The SMILES string of the molecule is COc1cc(C)ccc1OCc1nc(C(=O)N[C@H]2CCCCNC2=O)co1. The van der Waals surface area contributed by atoms with Gasteiger partial charge < -0.3 is 24.5 Å². The van der Waals surface area contributed by atoms with Gasteiger partial charge in [-0.15, -0.1) is 0 Å². The van der Waals surface area contributed by atoms with Gasteiger partial charge in [-0.25, -0.2) is 4.98 Å². The quantitative estimate of drug-likeness (QED) is 0.803. The highest BCUT2D eigenvalue weighted by atomic mass is 16.5. The number of benzene rings is 1. The van der Waals surface area contributed by atoms with Gasteiger partial charge in [0.15, 0.2) is 23.8 Å². The van der Waals surface area contributed by atoms with Crippen LogP contribution in [-0.4, -0.2) is 36.5 Å². The maximum Gasteiger partial charge on any atom is 0.273 e. The number of aromatic nitrogens is 1. The van der Waals surface area contributed by atoms with Crippen LogP contribution >= 0.6 is 0 Å². The lowest BCUT2D eigenvalue weighted by molar-refractivity contribution is -0.122. The van der Waals surface area contributed by atoms with E-state index in [2.05, 4.69) is 15.6 Å². The molecule has 0 aliphatic carbocycles. The molecule has 0 spiro atoms. The summed E-state index contributed by atoms with van der Waals surface area (Å²) in [6.07, 6.45) is 3.65. The number of ether oxygens (including phenoxy) is 2. The largest absolute Gasteiger partial charge is 0.493 e. The summed E-state index contributed by atoms with van der Waals surface area (Å²) in [4.78, 5) is 28.4. The number of methoxy groups -OCH3 is 1. The van der Waals surface area contributed by atoms with Gasteiger partial charge in [0, 0.05) is 6.54 Å². The molecular weight excluding hydrogens is 350 g/mol. The Morgan fingerprint density at radius 3 is 3.04 bits per heavy atom. The molecule has 144 valence electrons. The van der Waals surface area contributed by atoms with Crippen molar-refractivity contribution in [3.63, 3.8) is 0 Å². The molecule has 1 aromatic heterocycles. The zero-order valence-corrected chi connectivity index (χ0v) is 15.4. The number of hydrogen-bond donors (Lipinski definition) is 2. The highest BCUT2D eigenvalue weighted by molar-refractivity contribution is 5.95. The summed E-state index contributed by atoms with van der Waals surface area (Å²) in [5, 5.41) is 5.48. The van der Waals surface area contributed by atoms with Crippen molar-refractivity contribution in [2.75, 3.05) is 13.7 Å². The summed E-state index contributed by atoms with van der Waals surface area (Å²) >= 11 is 0. The second-order valence-electron chi connectivity index (χ2n) is 6.38. The van der Waals surface area contributed by atoms with Gasteiger partial charge >= 0.3 is 0 Å². The molecule has 1 fully saturated rings. The molecule has 8 nitrogen and oxygen atoms in total. The number of aryl methyl sites for hydroxylation is 1. The van der Waals surface area contributed by atoms with E-state index >= 15 is 0 Å². The molecule has 27 heavy (non-hydrogen) atoms. The van der Waals surface area contributed by atoms with E-state index in [1.807, 2.05) is 19.1 Å². The average Bonchev–Trinajstić information content (AvgIpc) is 3.05. The minimum absolute atomic E-state index is 0.0522. The van der Waals surface area contributed by atoms with Crippen molar-refractivity contribution in [2.24, 2.45) is 0 Å². The highest BCUT2D eigenvalue weighted by Crippen LogP contribution is 2.28. The second-order valence-corrected chi connectivity index (χ2v) is 6.38. The van der Waals surface area contributed by atoms with Crippen molar-refractivity contribution in [1.82, 2.24) is 15.6 Å². The van der Waals surface area contributed by atoms with Crippen LogP contribution < -0.4 is 20.1 Å². The first-order valence-electron chi connectivity index (χ1n) is 8.87. The maximum atomic E-state index is 12.3. The summed E-state index contributed by atoms with van der Waals surface area (Å²) in [5.74, 6) is 0.814. The molecule has 1 saturated heterocycles. The van der Waals surface area contributed by atoms with Gasteiger partial charge in [-0.3, -0.25) is 9.59 Å². The van der Waals surface area contributed by atoms with Crippen LogP contribution in [0.25, 0.3) is 0 Å². The minimum atomic E-state index is -0.548. The molecule has 1 aliphatic rings. The third-order valence-electron chi connectivity index (χ3n) is 4.30. The van der Waals surface area contributed by atoms with E-state index in [0.717, 1.165) is 18.4 Å². The normalized spacial score (nSPS) is 17.0. The van der Waals surface area contributed by atoms with Gasteiger partial charge in [-0.05, 0) is 43.9 Å². The lowest BCUT2D eigenvalue weighted by Gasteiger charge is -2.13. The summed E-state index contributed by atoms with van der Waals surface area (Å²) in [6, 6.07) is 5.02. The van der Waals surface area contributed by atoms with Crippen LogP contribution in [0.2, 0.25) is 0 Å². The van der Waals surface area contributed by atoms with E-state index in [1.54, 1.807) is 13.2 Å². The summed E-state index contributed by atoms with van der Waals surface area (Å²) in [5.41, 5.74) is 1.17. The predicted molar refractivity (Wildman–Crippen MR) is 96.7 cm³/mol. The maximum absolute atomic E-state index is 12.3. The Kier molecular flexibility index (Phi) is 5.95. The highest BCUT2D eigenvalue weighted by Gasteiger charge is 2.24. The van der Waals surface area contributed by atoms with Gasteiger partial charge in [0.1, 0.15) is 12.3 Å². The van der Waals surface area contributed by atoms with Crippen LogP contribution in [0.1, 0.15) is 41.2 Å². The number of rotatable bonds is 6. The van der Waals surface area contributed by atoms with E-state index in [1.165, 1.54) is 6.26 Å². The Bertz CT molecular complexity index is 817. The first-order chi connectivity index (χ1) is 13.1. The van der Waals surface area contributed by atoms with E-state index in [0.29, 0.717) is 24.5 Å². The molecule has 3 rings (SSSR count). The van der Waals surface area contributed by atoms with Crippen molar-refractivity contribution in [3.05, 3.63) is 41.6 Å². The topological polar surface area (TPSA) is 103 Å². The first-order valence-corrected chi connectivity index (χ1v) is 8.87. The van der Waals surface area contributed by atoms with E-state index in [-0.39, 0.29) is 24.1 Å². The molecule has 0 unspecified atom stereocenters. The number of carbonyl (C=O) groups excluding carboxylic acids is 2. The third kappa shape index (κ3) is 4.78. The number of oxazole rings is 1. The lowest BCUT2D eigenvalue weighted by Crippen LogP contribution is -2.45. The third-order valence-corrected chi connectivity index (χ3v) is 4.30. The van der Waals surface area contributed by atoms with Crippen LogP contribution in [0, 0.1) is 6.92 Å². The molecule has 2 amide bonds.